The number of hydrogen-bond donors (Lipinski definition) is 0. The second-order valence-electron chi connectivity index (χ2n) is 14.5. The molecule has 0 unspecified atom stereocenters. The van der Waals surface area contributed by atoms with Crippen molar-refractivity contribution in [3.8, 4) is 22.3 Å². The van der Waals surface area contributed by atoms with Crippen LogP contribution in [0.1, 0.15) is 22.3 Å². The lowest BCUT2D eigenvalue weighted by Crippen LogP contribution is -2.36. The third-order valence-corrected chi connectivity index (χ3v) is 11.6. The molecular formula is C53H36N2. The molecule has 258 valence electrons. The SMILES string of the molecule is c1ccc(-c2ccc(N(c3ccc4c(c3)C3(c5ccccc5-4)c4ccccc4N(c4ccccc4)c4ccccc43)c3cccc4ccccc34)cc2)cc1. The summed E-state index contributed by atoms with van der Waals surface area (Å²) in [5, 5.41) is 2.43. The van der Waals surface area contributed by atoms with Gasteiger partial charge >= 0.3 is 0 Å². The third kappa shape index (κ3) is 4.68. The maximum absolute atomic E-state index is 2.48. The van der Waals surface area contributed by atoms with E-state index in [4.69, 9.17) is 0 Å². The first-order valence-electron chi connectivity index (χ1n) is 19.0. The van der Waals surface area contributed by atoms with Gasteiger partial charge in [-0.15, -0.1) is 0 Å². The quantitative estimate of drug-likeness (QED) is 0.176. The maximum Gasteiger partial charge on any atom is 0.0755 e. The summed E-state index contributed by atoms with van der Waals surface area (Å²) in [4.78, 5) is 4.89. The zero-order valence-corrected chi connectivity index (χ0v) is 30.2. The summed E-state index contributed by atoms with van der Waals surface area (Å²) in [6.45, 7) is 0. The van der Waals surface area contributed by atoms with E-state index in [1.807, 2.05) is 0 Å². The van der Waals surface area contributed by atoms with E-state index in [0.717, 1.165) is 22.7 Å². The van der Waals surface area contributed by atoms with Crippen LogP contribution in [0.3, 0.4) is 0 Å². The topological polar surface area (TPSA) is 6.48 Å². The molecule has 55 heavy (non-hydrogen) atoms. The van der Waals surface area contributed by atoms with Crippen molar-refractivity contribution in [2.24, 2.45) is 0 Å². The zero-order chi connectivity index (χ0) is 36.3. The molecule has 2 heteroatoms. The highest BCUT2D eigenvalue weighted by molar-refractivity contribution is 6.01. The van der Waals surface area contributed by atoms with Gasteiger partial charge in [0.25, 0.3) is 0 Å². The fourth-order valence-corrected chi connectivity index (χ4v) is 9.35. The summed E-state index contributed by atoms with van der Waals surface area (Å²) in [5.74, 6) is 0. The lowest BCUT2D eigenvalue weighted by Gasteiger charge is -2.45. The predicted octanol–water partition coefficient (Wildman–Crippen LogP) is 14.1. The van der Waals surface area contributed by atoms with Crippen LogP contribution < -0.4 is 9.80 Å². The minimum atomic E-state index is -0.540. The van der Waals surface area contributed by atoms with Gasteiger partial charge in [-0.3, -0.25) is 0 Å². The molecule has 0 aromatic heterocycles. The smallest absolute Gasteiger partial charge is 0.0755 e. The van der Waals surface area contributed by atoms with Crippen molar-refractivity contribution < 1.29 is 0 Å². The summed E-state index contributed by atoms with van der Waals surface area (Å²) in [5.41, 5.74) is 16.5. The van der Waals surface area contributed by atoms with Crippen molar-refractivity contribution >= 4 is 44.9 Å². The van der Waals surface area contributed by atoms with Gasteiger partial charge in [-0.25, -0.2) is 0 Å². The molecule has 1 heterocycles. The second kappa shape index (κ2) is 12.5. The average Bonchev–Trinajstić information content (AvgIpc) is 3.55. The Morgan fingerprint density at radius 3 is 1.65 bits per heavy atom. The number of para-hydroxylation sites is 3. The van der Waals surface area contributed by atoms with E-state index >= 15 is 0 Å². The van der Waals surface area contributed by atoms with Crippen molar-refractivity contribution in [1.29, 1.82) is 0 Å². The van der Waals surface area contributed by atoms with Crippen molar-refractivity contribution in [1.82, 2.24) is 0 Å². The predicted molar refractivity (Wildman–Crippen MR) is 230 cm³/mol. The monoisotopic (exact) mass is 700 g/mol. The van der Waals surface area contributed by atoms with Crippen LogP contribution in [0.25, 0.3) is 33.0 Å². The molecule has 0 radical (unpaired) electrons. The molecule has 0 fully saturated rings. The molecule has 0 N–H and O–H groups in total. The van der Waals surface area contributed by atoms with Crippen LogP contribution in [-0.4, -0.2) is 0 Å². The van der Waals surface area contributed by atoms with Crippen LogP contribution in [-0.2, 0) is 5.41 Å². The summed E-state index contributed by atoms with van der Waals surface area (Å²) < 4.78 is 0. The Balaban J connectivity index is 1.19. The van der Waals surface area contributed by atoms with Crippen LogP contribution in [0.15, 0.2) is 218 Å². The van der Waals surface area contributed by atoms with Crippen molar-refractivity contribution in [2.45, 2.75) is 5.41 Å². The molecule has 1 aliphatic carbocycles. The summed E-state index contributed by atoms with van der Waals surface area (Å²) in [6.07, 6.45) is 0. The highest BCUT2D eigenvalue weighted by atomic mass is 15.2. The molecule has 1 spiro atoms. The molecule has 2 nitrogen and oxygen atoms in total. The van der Waals surface area contributed by atoms with Crippen molar-refractivity contribution in [3.05, 3.63) is 241 Å². The Morgan fingerprint density at radius 2 is 0.909 bits per heavy atom. The molecule has 0 amide bonds. The van der Waals surface area contributed by atoms with E-state index in [2.05, 4.69) is 228 Å². The van der Waals surface area contributed by atoms with Gasteiger partial charge in [0.05, 0.1) is 22.5 Å². The number of nitrogens with zero attached hydrogens (tertiary/aromatic N) is 2. The number of benzene rings is 9. The molecule has 9 aromatic rings. The van der Waals surface area contributed by atoms with Gasteiger partial charge in [-0.2, -0.15) is 0 Å². The average molecular weight is 701 g/mol. The first-order valence-corrected chi connectivity index (χ1v) is 19.0. The molecule has 0 atom stereocenters. The van der Waals surface area contributed by atoms with E-state index in [1.54, 1.807) is 0 Å². The highest BCUT2D eigenvalue weighted by Crippen LogP contribution is 2.64. The Kier molecular flexibility index (Phi) is 7.11. The minimum absolute atomic E-state index is 0.540. The van der Waals surface area contributed by atoms with Gasteiger partial charge in [0.2, 0.25) is 0 Å². The van der Waals surface area contributed by atoms with Crippen LogP contribution in [0.4, 0.5) is 34.1 Å². The molecule has 11 rings (SSSR count). The number of anilines is 6. The van der Waals surface area contributed by atoms with Crippen LogP contribution in [0.5, 0.6) is 0 Å². The Hall–Kier alpha value is -7.16. The fraction of sp³-hybridized carbons (Fsp3) is 0.0189. The van der Waals surface area contributed by atoms with Crippen LogP contribution >= 0.6 is 0 Å². The van der Waals surface area contributed by atoms with Crippen LogP contribution in [0.2, 0.25) is 0 Å². The molecular weight excluding hydrogens is 665 g/mol. The van der Waals surface area contributed by atoms with E-state index in [0.29, 0.717) is 0 Å². The maximum atomic E-state index is 2.48. The molecule has 0 bridgehead atoms. The van der Waals surface area contributed by atoms with E-state index < -0.39 is 5.41 Å². The summed E-state index contributed by atoms with van der Waals surface area (Å²) >= 11 is 0. The highest BCUT2D eigenvalue weighted by Gasteiger charge is 2.51. The Bertz CT molecular complexity index is 2820. The Morgan fingerprint density at radius 1 is 0.364 bits per heavy atom. The molecule has 0 saturated heterocycles. The Labute approximate surface area is 321 Å². The fourth-order valence-electron chi connectivity index (χ4n) is 9.35. The van der Waals surface area contributed by atoms with Gasteiger partial charge in [0.1, 0.15) is 0 Å². The first kappa shape index (κ1) is 31.4. The van der Waals surface area contributed by atoms with Crippen molar-refractivity contribution in [3.63, 3.8) is 0 Å². The van der Waals surface area contributed by atoms with Gasteiger partial charge in [-0.1, -0.05) is 164 Å². The lowest BCUT2D eigenvalue weighted by molar-refractivity contribution is 0.752. The molecule has 1 aliphatic heterocycles. The normalized spacial score (nSPS) is 13.2. The zero-order valence-electron chi connectivity index (χ0n) is 30.2. The third-order valence-electron chi connectivity index (χ3n) is 11.6. The minimum Gasteiger partial charge on any atom is -0.310 e. The number of rotatable bonds is 5. The van der Waals surface area contributed by atoms with Gasteiger partial charge in [-0.05, 0) is 104 Å². The summed E-state index contributed by atoms with van der Waals surface area (Å²) in [7, 11) is 0. The van der Waals surface area contributed by atoms with Gasteiger partial charge in [0.15, 0.2) is 0 Å². The summed E-state index contributed by atoms with van der Waals surface area (Å²) in [6, 6.07) is 80.1. The van der Waals surface area contributed by atoms with E-state index in [-0.39, 0.29) is 0 Å². The van der Waals surface area contributed by atoms with Crippen LogP contribution in [0, 0.1) is 0 Å². The molecule has 0 saturated carbocycles. The number of hydrogen-bond acceptors (Lipinski definition) is 2. The van der Waals surface area contributed by atoms with Gasteiger partial charge < -0.3 is 9.80 Å². The lowest BCUT2D eigenvalue weighted by atomic mass is 9.64. The molecule has 2 aliphatic rings. The van der Waals surface area contributed by atoms with Crippen molar-refractivity contribution in [2.75, 3.05) is 9.80 Å². The molecule has 9 aromatic carbocycles. The standard InChI is InChI=1S/C53H36N2/c1-3-16-37(17-4-1)38-30-32-41(33-31-38)54(50-29-15-19-39-18-7-8-22-43(39)50)42-34-35-45-44-23-9-10-24-46(44)53(49(45)36-42)47-25-11-13-27-51(47)55(40-20-5-2-6-21-40)52-28-14-12-26-48(52)53/h1-36H. The largest absolute Gasteiger partial charge is 0.310 e. The van der Waals surface area contributed by atoms with E-state index in [9.17, 15) is 0 Å². The van der Waals surface area contributed by atoms with Gasteiger partial charge in [0, 0.05) is 22.4 Å². The first-order chi connectivity index (χ1) is 27.3. The van der Waals surface area contributed by atoms with E-state index in [1.165, 1.54) is 66.7 Å². The second-order valence-corrected chi connectivity index (χ2v) is 14.5. The number of fused-ring (bicyclic) bond motifs is 10.